The molecule has 0 aliphatic carbocycles. The Labute approximate surface area is 193 Å². The number of nitrogens with one attached hydrogen (secondary N) is 2. The van der Waals surface area contributed by atoms with Crippen LogP contribution >= 0.6 is 0 Å². The van der Waals surface area contributed by atoms with E-state index in [0.717, 1.165) is 12.7 Å². The molecule has 2 aromatic rings. The molecule has 2 aliphatic rings. The van der Waals surface area contributed by atoms with Gasteiger partial charge in [0, 0.05) is 24.6 Å². The second-order valence-corrected chi connectivity index (χ2v) is 11.8. The quantitative estimate of drug-likeness (QED) is 0.555. The molecule has 1 aromatic carbocycles. The zero-order valence-corrected chi connectivity index (χ0v) is 20.3. The summed E-state index contributed by atoms with van der Waals surface area (Å²) in [4.78, 5) is 6.20. The summed E-state index contributed by atoms with van der Waals surface area (Å²) < 4.78 is 56.7. The lowest BCUT2D eigenvalue weighted by atomic mass is 10.0. The molecule has 13 heteroatoms. The molecule has 2 aliphatic heterocycles. The standard InChI is InChI=1S/C20H26N6O5S2/c1-12(2)7-9-25-13(3)17(19(27)26-10-8-21-20(25)26)18-22-15-6-5-14(23-32(4,28)29)11-16(15)33(30,31)24-18/h5-6,8,10-13,23,27H,7,9H2,1-4H3,(H,22,24). The van der Waals surface area contributed by atoms with E-state index in [0.29, 0.717) is 24.0 Å². The van der Waals surface area contributed by atoms with Crippen LogP contribution in [0.2, 0.25) is 0 Å². The molecule has 0 saturated carbocycles. The second-order valence-electron chi connectivity index (χ2n) is 8.51. The van der Waals surface area contributed by atoms with Gasteiger partial charge >= 0.3 is 0 Å². The van der Waals surface area contributed by atoms with Gasteiger partial charge < -0.3 is 15.3 Å². The molecule has 3 N–H and O–H groups in total. The fourth-order valence-corrected chi connectivity index (χ4v) is 5.58. The first-order chi connectivity index (χ1) is 15.4. The van der Waals surface area contributed by atoms with Crippen molar-refractivity contribution in [3.8, 4) is 0 Å². The first-order valence-corrected chi connectivity index (χ1v) is 13.7. The SMILES string of the molecule is CC(C)CCN1c2nccn2C(O)=C(C2=NS(=O)(=O)c3cc(NS(C)(=O)=O)ccc3N2)C1C. The number of hydrogen-bond donors (Lipinski definition) is 3. The van der Waals surface area contributed by atoms with Crippen molar-refractivity contribution >= 4 is 49.1 Å². The number of sulfonamides is 2. The highest BCUT2D eigenvalue weighted by Gasteiger charge is 2.37. The number of aliphatic hydroxyl groups is 1. The van der Waals surface area contributed by atoms with E-state index in [1.807, 2.05) is 11.8 Å². The molecule has 0 saturated heterocycles. The van der Waals surface area contributed by atoms with Crippen LogP contribution in [0, 0.1) is 5.92 Å². The summed E-state index contributed by atoms with van der Waals surface area (Å²) in [5.74, 6) is 0.859. The summed E-state index contributed by atoms with van der Waals surface area (Å²) >= 11 is 0. The average molecular weight is 495 g/mol. The molecule has 0 bridgehead atoms. The molecule has 11 nitrogen and oxygen atoms in total. The number of rotatable bonds is 6. The Bertz CT molecular complexity index is 1380. The molecule has 0 spiro atoms. The van der Waals surface area contributed by atoms with Gasteiger partial charge in [-0.15, -0.1) is 4.40 Å². The van der Waals surface area contributed by atoms with Crippen molar-refractivity contribution in [1.29, 1.82) is 0 Å². The fraction of sp³-hybridized carbons (Fsp3) is 0.400. The van der Waals surface area contributed by atoms with Crippen molar-refractivity contribution < 1.29 is 21.9 Å². The van der Waals surface area contributed by atoms with Crippen LogP contribution in [-0.2, 0) is 20.0 Å². The Balaban J connectivity index is 1.76. The number of anilines is 3. The van der Waals surface area contributed by atoms with Gasteiger partial charge in [-0.3, -0.25) is 9.29 Å². The molecule has 4 rings (SSSR count). The predicted octanol–water partition coefficient (Wildman–Crippen LogP) is 2.45. The normalized spacial score (nSPS) is 19.6. The van der Waals surface area contributed by atoms with Gasteiger partial charge in [-0.05, 0) is 37.5 Å². The maximum atomic E-state index is 13.0. The Morgan fingerprint density at radius 2 is 2.03 bits per heavy atom. The van der Waals surface area contributed by atoms with Crippen LogP contribution in [-0.4, -0.2) is 56.2 Å². The van der Waals surface area contributed by atoms with Gasteiger partial charge in [-0.25, -0.2) is 13.4 Å². The molecule has 0 fully saturated rings. The molecule has 0 radical (unpaired) electrons. The largest absolute Gasteiger partial charge is 0.494 e. The van der Waals surface area contributed by atoms with Crippen molar-refractivity contribution in [3.05, 3.63) is 36.2 Å². The maximum Gasteiger partial charge on any atom is 0.286 e. The minimum atomic E-state index is -4.17. The average Bonchev–Trinajstić information content (AvgIpc) is 3.16. The van der Waals surface area contributed by atoms with Crippen LogP contribution in [0.3, 0.4) is 0 Å². The van der Waals surface area contributed by atoms with E-state index in [4.69, 9.17) is 0 Å². The number of aliphatic hydroxyl groups excluding tert-OH is 1. The maximum absolute atomic E-state index is 13.0. The fourth-order valence-electron chi connectivity index (χ4n) is 3.87. The van der Waals surface area contributed by atoms with Crippen LogP contribution in [0.5, 0.6) is 0 Å². The summed E-state index contributed by atoms with van der Waals surface area (Å²) in [7, 11) is -7.75. The van der Waals surface area contributed by atoms with E-state index >= 15 is 0 Å². The first kappa shape index (κ1) is 23.1. The number of amidine groups is 1. The number of hydrogen-bond acceptors (Lipinski definition) is 8. The number of imidazole rings is 1. The number of aromatic nitrogens is 2. The highest BCUT2D eigenvalue weighted by Crippen LogP contribution is 2.36. The Kier molecular flexibility index (Phi) is 5.65. The smallest absolute Gasteiger partial charge is 0.286 e. The monoisotopic (exact) mass is 494 g/mol. The molecule has 3 heterocycles. The van der Waals surface area contributed by atoms with Crippen LogP contribution in [0.4, 0.5) is 17.3 Å². The molecular weight excluding hydrogens is 468 g/mol. The zero-order valence-electron chi connectivity index (χ0n) is 18.6. The zero-order chi connectivity index (χ0) is 24.1. The van der Waals surface area contributed by atoms with E-state index in [2.05, 4.69) is 33.3 Å². The summed E-state index contributed by atoms with van der Waals surface area (Å²) in [5.41, 5.74) is 0.657. The van der Waals surface area contributed by atoms with Gasteiger partial charge in [0.05, 0.1) is 23.6 Å². The summed E-state index contributed by atoms with van der Waals surface area (Å²) in [6.07, 6.45) is 5.03. The molecule has 178 valence electrons. The van der Waals surface area contributed by atoms with Crippen LogP contribution < -0.4 is 14.9 Å². The van der Waals surface area contributed by atoms with Crippen LogP contribution in [0.15, 0.2) is 45.5 Å². The summed E-state index contributed by atoms with van der Waals surface area (Å²) in [6, 6.07) is 3.71. The van der Waals surface area contributed by atoms with Gasteiger partial charge in [-0.2, -0.15) is 8.42 Å². The third-order valence-corrected chi connectivity index (χ3v) is 7.39. The van der Waals surface area contributed by atoms with E-state index in [-0.39, 0.29) is 28.0 Å². The van der Waals surface area contributed by atoms with Gasteiger partial charge in [0.15, 0.2) is 5.84 Å². The molecule has 1 aromatic heterocycles. The number of fused-ring (bicyclic) bond motifs is 2. The van der Waals surface area contributed by atoms with Gasteiger partial charge in [0.25, 0.3) is 10.0 Å². The van der Waals surface area contributed by atoms with E-state index in [1.54, 1.807) is 12.4 Å². The van der Waals surface area contributed by atoms with Crippen LogP contribution in [0.1, 0.15) is 27.2 Å². The second kappa shape index (κ2) is 8.06. The molecule has 1 unspecified atom stereocenters. The van der Waals surface area contributed by atoms with Crippen LogP contribution in [0.25, 0.3) is 5.88 Å². The first-order valence-electron chi connectivity index (χ1n) is 10.3. The van der Waals surface area contributed by atoms with Crippen molar-refractivity contribution in [2.45, 2.75) is 38.1 Å². The lowest BCUT2D eigenvalue weighted by Gasteiger charge is -2.37. The highest BCUT2D eigenvalue weighted by atomic mass is 32.2. The van der Waals surface area contributed by atoms with E-state index < -0.39 is 26.1 Å². The van der Waals surface area contributed by atoms with Crippen molar-refractivity contribution in [3.63, 3.8) is 0 Å². The highest BCUT2D eigenvalue weighted by molar-refractivity contribution is 7.92. The summed E-state index contributed by atoms with van der Waals surface area (Å²) in [6.45, 7) is 6.73. The van der Waals surface area contributed by atoms with Crippen molar-refractivity contribution in [2.75, 3.05) is 27.7 Å². The predicted molar refractivity (Wildman–Crippen MR) is 127 cm³/mol. The third-order valence-electron chi connectivity index (χ3n) is 5.46. The number of nitrogens with zero attached hydrogens (tertiary/aromatic N) is 4. The van der Waals surface area contributed by atoms with Gasteiger partial charge in [0.2, 0.25) is 21.9 Å². The number of benzene rings is 1. The van der Waals surface area contributed by atoms with Crippen molar-refractivity contribution in [1.82, 2.24) is 9.55 Å². The van der Waals surface area contributed by atoms with E-state index in [1.165, 1.54) is 22.8 Å². The Hall–Kier alpha value is -3.06. The minimum Gasteiger partial charge on any atom is -0.494 e. The molecule has 0 amide bonds. The molecule has 1 atom stereocenters. The lowest BCUT2D eigenvalue weighted by molar-refractivity contribution is 0.448. The Morgan fingerprint density at radius 1 is 1.30 bits per heavy atom. The molecule has 33 heavy (non-hydrogen) atoms. The molecular formula is C20H26N6O5S2. The van der Waals surface area contributed by atoms with E-state index in [9.17, 15) is 21.9 Å². The topological polar surface area (TPSA) is 146 Å². The third kappa shape index (κ3) is 4.42. The van der Waals surface area contributed by atoms with Gasteiger partial charge in [-0.1, -0.05) is 13.8 Å². The minimum absolute atomic E-state index is 0.00483. The Morgan fingerprint density at radius 3 is 2.70 bits per heavy atom. The van der Waals surface area contributed by atoms with Gasteiger partial charge in [0.1, 0.15) is 4.90 Å². The van der Waals surface area contributed by atoms with Crippen molar-refractivity contribution in [2.24, 2.45) is 10.3 Å². The lowest BCUT2D eigenvalue weighted by Crippen LogP contribution is -2.45. The summed E-state index contributed by atoms with van der Waals surface area (Å²) in [5, 5.41) is 14.0.